The van der Waals surface area contributed by atoms with Crippen molar-refractivity contribution < 1.29 is 4.74 Å². The van der Waals surface area contributed by atoms with Gasteiger partial charge in [-0.1, -0.05) is 0 Å². The van der Waals surface area contributed by atoms with Crippen LogP contribution < -0.4 is 5.73 Å². The van der Waals surface area contributed by atoms with Gasteiger partial charge in [0.1, 0.15) is 0 Å². The van der Waals surface area contributed by atoms with Crippen molar-refractivity contribution in [3.05, 3.63) is 0 Å². The van der Waals surface area contributed by atoms with Crippen molar-refractivity contribution >= 4 is 11.8 Å². The second-order valence-corrected chi connectivity index (χ2v) is 6.14. The Morgan fingerprint density at radius 1 is 1.44 bits per heavy atom. The van der Waals surface area contributed by atoms with Crippen LogP contribution in [0.25, 0.3) is 0 Å². The van der Waals surface area contributed by atoms with Crippen LogP contribution in [0.4, 0.5) is 0 Å². The van der Waals surface area contributed by atoms with Gasteiger partial charge in [0.15, 0.2) is 0 Å². The van der Waals surface area contributed by atoms with E-state index in [1.807, 2.05) is 0 Å². The molecule has 4 heteroatoms. The predicted octanol–water partition coefficient (Wildman–Crippen LogP) is 1.32. The third kappa shape index (κ3) is 2.55. The third-order valence-corrected chi connectivity index (χ3v) is 5.49. The van der Waals surface area contributed by atoms with E-state index < -0.39 is 0 Å². The van der Waals surface area contributed by atoms with E-state index in [1.54, 1.807) is 0 Å². The topological polar surface area (TPSA) is 38.5 Å². The first-order valence-corrected chi connectivity index (χ1v) is 7.52. The highest BCUT2D eigenvalue weighted by Gasteiger charge is 2.38. The quantitative estimate of drug-likeness (QED) is 0.813. The van der Waals surface area contributed by atoms with Gasteiger partial charge in [-0.05, 0) is 38.5 Å². The molecule has 3 nitrogen and oxygen atoms in total. The largest absolute Gasteiger partial charge is 0.381 e. The highest BCUT2D eigenvalue weighted by atomic mass is 32.2. The molecule has 0 bridgehead atoms. The Balaban J connectivity index is 2.00. The van der Waals surface area contributed by atoms with Crippen LogP contribution >= 0.6 is 11.8 Å². The summed E-state index contributed by atoms with van der Waals surface area (Å²) in [7, 11) is 2.27. The van der Waals surface area contributed by atoms with Gasteiger partial charge in [0.25, 0.3) is 0 Å². The highest BCUT2D eigenvalue weighted by molar-refractivity contribution is 7.99. The monoisotopic (exact) mass is 244 g/mol. The third-order valence-electron chi connectivity index (χ3n) is 4.17. The minimum absolute atomic E-state index is 0.255. The summed E-state index contributed by atoms with van der Waals surface area (Å²) in [6, 6.07) is 0.677. The van der Waals surface area contributed by atoms with Crippen molar-refractivity contribution in [3.8, 4) is 0 Å². The zero-order chi connectivity index (χ0) is 11.4. The fraction of sp³-hybridized carbons (Fsp3) is 1.00. The van der Waals surface area contributed by atoms with Crippen LogP contribution in [0.3, 0.4) is 0 Å². The maximum Gasteiger partial charge on any atom is 0.0480 e. The van der Waals surface area contributed by atoms with Crippen molar-refractivity contribution in [2.45, 2.75) is 37.3 Å². The van der Waals surface area contributed by atoms with Crippen LogP contribution in [0.1, 0.15) is 25.7 Å². The molecule has 2 saturated heterocycles. The summed E-state index contributed by atoms with van der Waals surface area (Å²) < 4.78 is 5.44. The molecule has 0 aromatic rings. The molecule has 0 aliphatic carbocycles. The van der Waals surface area contributed by atoms with E-state index in [9.17, 15) is 0 Å². The Bertz CT molecular complexity index is 213. The average Bonchev–Trinajstić information content (AvgIpc) is 2.39. The lowest BCUT2D eigenvalue weighted by atomic mass is 9.90. The first-order valence-electron chi connectivity index (χ1n) is 6.37. The number of thioether (sulfide) groups is 1. The van der Waals surface area contributed by atoms with Crippen molar-refractivity contribution in [2.75, 3.05) is 38.3 Å². The normalized spacial score (nSPS) is 33.2. The molecule has 2 aliphatic rings. The van der Waals surface area contributed by atoms with Crippen molar-refractivity contribution in [3.63, 3.8) is 0 Å². The van der Waals surface area contributed by atoms with Crippen LogP contribution in [0, 0.1) is 0 Å². The van der Waals surface area contributed by atoms with E-state index in [2.05, 4.69) is 23.7 Å². The Morgan fingerprint density at radius 3 is 2.75 bits per heavy atom. The van der Waals surface area contributed by atoms with E-state index in [1.165, 1.54) is 37.2 Å². The fourth-order valence-corrected chi connectivity index (χ4v) is 4.22. The lowest BCUT2D eigenvalue weighted by Gasteiger charge is -2.48. The number of rotatable bonds is 3. The van der Waals surface area contributed by atoms with E-state index in [0.29, 0.717) is 6.04 Å². The van der Waals surface area contributed by atoms with Gasteiger partial charge in [-0.3, -0.25) is 4.90 Å². The lowest BCUT2D eigenvalue weighted by Crippen LogP contribution is -2.59. The molecular weight excluding hydrogens is 220 g/mol. The van der Waals surface area contributed by atoms with Gasteiger partial charge in [-0.2, -0.15) is 11.8 Å². The van der Waals surface area contributed by atoms with Gasteiger partial charge in [0, 0.05) is 37.1 Å². The summed E-state index contributed by atoms with van der Waals surface area (Å²) in [5.41, 5.74) is 6.31. The van der Waals surface area contributed by atoms with E-state index >= 15 is 0 Å². The van der Waals surface area contributed by atoms with Gasteiger partial charge >= 0.3 is 0 Å². The maximum atomic E-state index is 6.06. The van der Waals surface area contributed by atoms with Gasteiger partial charge in [0.05, 0.1) is 0 Å². The zero-order valence-corrected chi connectivity index (χ0v) is 11.1. The fourth-order valence-electron chi connectivity index (χ4n) is 2.88. The van der Waals surface area contributed by atoms with Gasteiger partial charge in [-0.25, -0.2) is 0 Å². The lowest BCUT2D eigenvalue weighted by molar-refractivity contribution is 0.00188. The van der Waals surface area contributed by atoms with Crippen molar-refractivity contribution in [1.82, 2.24) is 4.90 Å². The smallest absolute Gasteiger partial charge is 0.0480 e. The summed E-state index contributed by atoms with van der Waals surface area (Å²) in [6.45, 7) is 2.64. The van der Waals surface area contributed by atoms with E-state index in [0.717, 1.165) is 19.8 Å². The van der Waals surface area contributed by atoms with Crippen LogP contribution in [-0.2, 0) is 4.74 Å². The predicted molar refractivity (Wildman–Crippen MR) is 69.9 cm³/mol. The minimum Gasteiger partial charge on any atom is -0.381 e. The Morgan fingerprint density at radius 2 is 2.19 bits per heavy atom. The summed E-state index contributed by atoms with van der Waals surface area (Å²) in [5.74, 6) is 2.51. The standard InChI is InChI=1S/C12H24N2OS/c1-14(11-3-6-15-7-4-11)12(9-13)5-2-8-16-10-12/h11H,2-10,13H2,1H3. The summed E-state index contributed by atoms with van der Waals surface area (Å²) >= 11 is 2.07. The van der Waals surface area contributed by atoms with Crippen LogP contribution in [0.15, 0.2) is 0 Å². The van der Waals surface area contributed by atoms with Gasteiger partial charge in [0.2, 0.25) is 0 Å². The Labute approximate surface area is 103 Å². The molecular formula is C12H24N2OS. The molecule has 2 aliphatic heterocycles. The summed E-state index contributed by atoms with van der Waals surface area (Å²) in [6.07, 6.45) is 4.92. The van der Waals surface area contributed by atoms with Crippen molar-refractivity contribution in [2.24, 2.45) is 5.73 Å². The Hall–Kier alpha value is 0.230. The van der Waals surface area contributed by atoms with Gasteiger partial charge in [-0.15, -0.1) is 0 Å². The number of ether oxygens (including phenoxy) is 1. The van der Waals surface area contributed by atoms with E-state index in [4.69, 9.17) is 10.5 Å². The first kappa shape index (κ1) is 12.7. The second kappa shape index (κ2) is 5.71. The van der Waals surface area contributed by atoms with Crippen LogP contribution in [-0.4, -0.2) is 54.8 Å². The van der Waals surface area contributed by atoms with Crippen LogP contribution in [0.5, 0.6) is 0 Å². The van der Waals surface area contributed by atoms with Gasteiger partial charge < -0.3 is 10.5 Å². The molecule has 2 heterocycles. The SMILES string of the molecule is CN(C1CCOCC1)C1(CN)CCCSC1. The molecule has 0 spiro atoms. The molecule has 1 atom stereocenters. The molecule has 1 unspecified atom stereocenters. The number of likely N-dealkylation sites (N-methyl/N-ethyl adjacent to an activating group) is 1. The maximum absolute atomic E-state index is 6.06. The molecule has 0 aromatic heterocycles. The van der Waals surface area contributed by atoms with E-state index in [-0.39, 0.29) is 5.54 Å². The number of hydrogen-bond donors (Lipinski definition) is 1. The number of hydrogen-bond acceptors (Lipinski definition) is 4. The van der Waals surface area contributed by atoms with Crippen molar-refractivity contribution in [1.29, 1.82) is 0 Å². The highest BCUT2D eigenvalue weighted by Crippen LogP contribution is 2.33. The number of nitrogens with two attached hydrogens (primary N) is 1. The molecule has 0 radical (unpaired) electrons. The summed E-state index contributed by atoms with van der Waals surface area (Å²) in [5, 5.41) is 0. The Kier molecular flexibility index (Phi) is 4.53. The molecule has 0 aromatic carbocycles. The first-order chi connectivity index (χ1) is 7.78. The molecule has 2 fully saturated rings. The molecule has 2 rings (SSSR count). The second-order valence-electron chi connectivity index (χ2n) is 5.04. The molecule has 0 saturated carbocycles. The summed E-state index contributed by atoms with van der Waals surface area (Å²) in [4.78, 5) is 2.57. The average molecular weight is 244 g/mol. The molecule has 0 amide bonds. The minimum atomic E-state index is 0.255. The molecule has 16 heavy (non-hydrogen) atoms. The van der Waals surface area contributed by atoms with Crippen LogP contribution in [0.2, 0.25) is 0 Å². The molecule has 2 N–H and O–H groups in total. The zero-order valence-electron chi connectivity index (χ0n) is 10.3. The molecule has 94 valence electrons. The number of nitrogens with zero attached hydrogens (tertiary/aromatic N) is 1.